The van der Waals surface area contributed by atoms with Crippen LogP contribution in [0.3, 0.4) is 0 Å². The number of aliphatic hydroxyl groups is 1. The van der Waals surface area contributed by atoms with E-state index in [2.05, 4.69) is 36.0 Å². The Morgan fingerprint density at radius 3 is 2.44 bits per heavy atom. The standard InChI is InChI=1S/C14H20OS/c15-9-1-2-12-3-5-13(6-4-12)14-7-10-16-11-8-14/h3-6,14-15H,1-2,7-11H2. The summed E-state index contributed by atoms with van der Waals surface area (Å²) in [5.41, 5.74) is 2.86. The smallest absolute Gasteiger partial charge is 0.0434 e. The van der Waals surface area contributed by atoms with Gasteiger partial charge in [-0.2, -0.15) is 11.8 Å². The second kappa shape index (κ2) is 6.31. The van der Waals surface area contributed by atoms with E-state index in [1.807, 2.05) is 0 Å². The number of benzene rings is 1. The maximum atomic E-state index is 8.78. The minimum Gasteiger partial charge on any atom is -0.396 e. The first kappa shape index (κ1) is 12.0. The SMILES string of the molecule is OCCCc1ccc(C2CCSCC2)cc1. The van der Waals surface area contributed by atoms with E-state index in [-0.39, 0.29) is 0 Å². The van der Waals surface area contributed by atoms with Gasteiger partial charge >= 0.3 is 0 Å². The largest absolute Gasteiger partial charge is 0.396 e. The van der Waals surface area contributed by atoms with Crippen LogP contribution >= 0.6 is 11.8 Å². The number of hydrogen-bond acceptors (Lipinski definition) is 2. The molecule has 1 aromatic carbocycles. The van der Waals surface area contributed by atoms with Crippen LogP contribution < -0.4 is 0 Å². The number of hydrogen-bond donors (Lipinski definition) is 1. The van der Waals surface area contributed by atoms with Crippen LogP contribution in [-0.2, 0) is 6.42 Å². The molecule has 1 heterocycles. The summed E-state index contributed by atoms with van der Waals surface area (Å²) < 4.78 is 0. The molecular formula is C14H20OS. The Morgan fingerprint density at radius 1 is 1.12 bits per heavy atom. The molecule has 0 amide bonds. The third-order valence-electron chi connectivity index (χ3n) is 3.30. The highest BCUT2D eigenvalue weighted by atomic mass is 32.2. The van der Waals surface area contributed by atoms with Gasteiger partial charge in [0.2, 0.25) is 0 Å². The molecule has 0 aromatic heterocycles. The summed E-state index contributed by atoms with van der Waals surface area (Å²) in [4.78, 5) is 0. The minimum absolute atomic E-state index is 0.293. The molecule has 1 nitrogen and oxygen atoms in total. The number of thioether (sulfide) groups is 1. The van der Waals surface area contributed by atoms with E-state index in [9.17, 15) is 0 Å². The van der Waals surface area contributed by atoms with Crippen molar-refractivity contribution in [3.63, 3.8) is 0 Å². The van der Waals surface area contributed by atoms with E-state index < -0.39 is 0 Å². The first-order chi connectivity index (χ1) is 7.90. The molecule has 0 radical (unpaired) electrons. The van der Waals surface area contributed by atoms with Crippen molar-refractivity contribution in [1.82, 2.24) is 0 Å². The van der Waals surface area contributed by atoms with Gasteiger partial charge in [-0.1, -0.05) is 24.3 Å². The summed E-state index contributed by atoms with van der Waals surface area (Å²) in [5.74, 6) is 3.42. The molecule has 16 heavy (non-hydrogen) atoms. The van der Waals surface area contributed by atoms with Gasteiger partial charge in [-0.15, -0.1) is 0 Å². The van der Waals surface area contributed by atoms with Gasteiger partial charge in [-0.3, -0.25) is 0 Å². The lowest BCUT2D eigenvalue weighted by atomic mass is 9.92. The van der Waals surface area contributed by atoms with Gasteiger partial charge in [0.25, 0.3) is 0 Å². The molecule has 2 heteroatoms. The lowest BCUT2D eigenvalue weighted by molar-refractivity contribution is 0.288. The predicted molar refractivity (Wildman–Crippen MR) is 71.1 cm³/mol. The monoisotopic (exact) mass is 236 g/mol. The highest BCUT2D eigenvalue weighted by molar-refractivity contribution is 7.99. The average molecular weight is 236 g/mol. The second-order valence-electron chi connectivity index (χ2n) is 4.46. The van der Waals surface area contributed by atoms with Crippen molar-refractivity contribution in [2.45, 2.75) is 31.6 Å². The Balaban J connectivity index is 1.95. The molecule has 2 rings (SSSR count). The second-order valence-corrected chi connectivity index (χ2v) is 5.68. The lowest BCUT2D eigenvalue weighted by Crippen LogP contribution is -2.07. The van der Waals surface area contributed by atoms with Gasteiger partial charge in [0.15, 0.2) is 0 Å². The van der Waals surface area contributed by atoms with E-state index in [1.165, 1.54) is 35.5 Å². The number of aryl methyl sites for hydroxylation is 1. The molecule has 88 valence electrons. The van der Waals surface area contributed by atoms with E-state index >= 15 is 0 Å². The Kier molecular flexibility index (Phi) is 4.73. The average Bonchev–Trinajstić information content (AvgIpc) is 2.38. The number of aliphatic hydroxyl groups excluding tert-OH is 1. The highest BCUT2D eigenvalue weighted by Crippen LogP contribution is 2.31. The van der Waals surface area contributed by atoms with Crippen LogP contribution in [0.5, 0.6) is 0 Å². The van der Waals surface area contributed by atoms with Crippen LogP contribution in [0, 0.1) is 0 Å². The van der Waals surface area contributed by atoms with Gasteiger partial charge in [0, 0.05) is 6.61 Å². The van der Waals surface area contributed by atoms with Crippen molar-refractivity contribution < 1.29 is 5.11 Å². The topological polar surface area (TPSA) is 20.2 Å². The number of rotatable bonds is 4. The van der Waals surface area contributed by atoms with E-state index in [4.69, 9.17) is 5.11 Å². The molecule has 1 saturated heterocycles. The zero-order valence-corrected chi connectivity index (χ0v) is 10.5. The molecule has 0 unspecified atom stereocenters. The Hall–Kier alpha value is -0.470. The Labute approximate surface area is 102 Å². The molecule has 0 aliphatic carbocycles. The van der Waals surface area contributed by atoms with Crippen LogP contribution in [0.2, 0.25) is 0 Å². The first-order valence-corrected chi connectivity index (χ1v) is 7.33. The van der Waals surface area contributed by atoms with E-state index in [0.717, 1.165) is 18.8 Å². The van der Waals surface area contributed by atoms with Crippen LogP contribution in [0.1, 0.15) is 36.3 Å². The molecule has 1 N–H and O–H groups in total. The van der Waals surface area contributed by atoms with Crippen molar-refractivity contribution in [3.05, 3.63) is 35.4 Å². The Morgan fingerprint density at radius 2 is 1.81 bits per heavy atom. The maximum Gasteiger partial charge on any atom is 0.0434 e. The van der Waals surface area contributed by atoms with Crippen LogP contribution in [-0.4, -0.2) is 23.2 Å². The normalized spacial score (nSPS) is 17.6. The van der Waals surface area contributed by atoms with Gasteiger partial charge < -0.3 is 5.11 Å². The van der Waals surface area contributed by atoms with E-state index in [0.29, 0.717) is 6.61 Å². The predicted octanol–water partition coefficient (Wildman–Crippen LogP) is 3.22. The molecule has 0 bridgehead atoms. The van der Waals surface area contributed by atoms with Gasteiger partial charge in [0.05, 0.1) is 0 Å². The van der Waals surface area contributed by atoms with Crippen molar-refractivity contribution in [1.29, 1.82) is 0 Å². The lowest BCUT2D eigenvalue weighted by Gasteiger charge is -2.21. The van der Waals surface area contributed by atoms with Crippen LogP contribution in [0.25, 0.3) is 0 Å². The van der Waals surface area contributed by atoms with Gasteiger partial charge in [0.1, 0.15) is 0 Å². The fourth-order valence-corrected chi connectivity index (χ4v) is 3.38. The summed E-state index contributed by atoms with van der Waals surface area (Å²) in [6, 6.07) is 9.03. The van der Waals surface area contributed by atoms with Crippen molar-refractivity contribution in [2.24, 2.45) is 0 Å². The van der Waals surface area contributed by atoms with Crippen molar-refractivity contribution in [2.75, 3.05) is 18.1 Å². The van der Waals surface area contributed by atoms with Crippen LogP contribution in [0.15, 0.2) is 24.3 Å². The summed E-state index contributed by atoms with van der Waals surface area (Å²) in [6.45, 7) is 0.293. The van der Waals surface area contributed by atoms with Gasteiger partial charge in [-0.25, -0.2) is 0 Å². The molecule has 0 atom stereocenters. The van der Waals surface area contributed by atoms with Gasteiger partial charge in [-0.05, 0) is 54.2 Å². The summed E-state index contributed by atoms with van der Waals surface area (Å²) in [7, 11) is 0. The molecule has 1 fully saturated rings. The zero-order chi connectivity index (χ0) is 11.2. The van der Waals surface area contributed by atoms with E-state index in [1.54, 1.807) is 0 Å². The highest BCUT2D eigenvalue weighted by Gasteiger charge is 2.15. The molecule has 0 spiro atoms. The van der Waals surface area contributed by atoms with Crippen molar-refractivity contribution >= 4 is 11.8 Å². The Bertz CT molecular complexity index is 301. The molecule has 1 aromatic rings. The summed E-state index contributed by atoms with van der Waals surface area (Å²) in [6.07, 6.45) is 4.54. The van der Waals surface area contributed by atoms with Crippen LogP contribution in [0.4, 0.5) is 0 Å². The quantitative estimate of drug-likeness (QED) is 0.866. The molecule has 0 saturated carbocycles. The molecular weight excluding hydrogens is 216 g/mol. The molecule has 1 aliphatic heterocycles. The third kappa shape index (κ3) is 3.26. The minimum atomic E-state index is 0.293. The zero-order valence-electron chi connectivity index (χ0n) is 9.69. The maximum absolute atomic E-state index is 8.78. The fraction of sp³-hybridized carbons (Fsp3) is 0.571. The van der Waals surface area contributed by atoms with Crippen molar-refractivity contribution in [3.8, 4) is 0 Å². The first-order valence-electron chi connectivity index (χ1n) is 6.17. The third-order valence-corrected chi connectivity index (χ3v) is 4.34. The summed E-state index contributed by atoms with van der Waals surface area (Å²) in [5, 5.41) is 8.78. The summed E-state index contributed by atoms with van der Waals surface area (Å²) >= 11 is 2.08. The fourth-order valence-electron chi connectivity index (χ4n) is 2.27. The molecule has 1 aliphatic rings.